The van der Waals surface area contributed by atoms with Gasteiger partial charge < -0.3 is 10.4 Å². The van der Waals surface area contributed by atoms with Gasteiger partial charge in [0.25, 0.3) is 0 Å². The zero-order valence-electron chi connectivity index (χ0n) is 10.9. The highest BCUT2D eigenvalue weighted by atomic mass is 32.2. The Hall–Kier alpha value is -0.710. The number of rotatable bonds is 9. The van der Waals surface area contributed by atoms with E-state index in [2.05, 4.69) is 19.2 Å². The van der Waals surface area contributed by atoms with Crippen LogP contribution >= 0.6 is 11.8 Å². The van der Waals surface area contributed by atoms with E-state index in [1.807, 2.05) is 6.26 Å². The lowest BCUT2D eigenvalue weighted by Gasteiger charge is -2.20. The van der Waals surface area contributed by atoms with Gasteiger partial charge in [0.05, 0.1) is 5.75 Å². The van der Waals surface area contributed by atoms with Gasteiger partial charge >= 0.3 is 5.97 Å². The molecule has 0 aromatic carbocycles. The molecule has 0 saturated carbocycles. The molecule has 17 heavy (non-hydrogen) atoms. The first-order valence-electron chi connectivity index (χ1n) is 5.94. The van der Waals surface area contributed by atoms with Gasteiger partial charge in [-0.3, -0.25) is 9.59 Å². The molecule has 4 nitrogen and oxygen atoms in total. The van der Waals surface area contributed by atoms with Crippen LogP contribution in [0.2, 0.25) is 0 Å². The highest BCUT2D eigenvalue weighted by Crippen LogP contribution is 2.20. The van der Waals surface area contributed by atoms with Crippen LogP contribution in [-0.2, 0) is 9.59 Å². The molecule has 5 heteroatoms. The van der Waals surface area contributed by atoms with Crippen LogP contribution in [0.4, 0.5) is 0 Å². The number of thioether (sulfide) groups is 1. The third kappa shape index (κ3) is 9.03. The molecule has 0 aliphatic heterocycles. The molecule has 0 fully saturated rings. The van der Waals surface area contributed by atoms with Crippen molar-refractivity contribution in [3.8, 4) is 0 Å². The summed E-state index contributed by atoms with van der Waals surface area (Å²) < 4.78 is 0. The molecule has 0 radical (unpaired) electrons. The molecule has 0 aromatic heterocycles. The molecular formula is C12H23NO3S. The summed E-state index contributed by atoms with van der Waals surface area (Å²) in [4.78, 5) is 21.8. The van der Waals surface area contributed by atoms with Gasteiger partial charge in [-0.2, -0.15) is 11.8 Å². The van der Waals surface area contributed by atoms with Crippen LogP contribution in [0.15, 0.2) is 0 Å². The summed E-state index contributed by atoms with van der Waals surface area (Å²) in [6, 6.07) is 0. The molecule has 0 aliphatic carbocycles. The van der Waals surface area contributed by atoms with E-state index in [-0.39, 0.29) is 12.3 Å². The fourth-order valence-corrected chi connectivity index (χ4v) is 2.06. The van der Waals surface area contributed by atoms with Gasteiger partial charge in [-0.15, -0.1) is 0 Å². The second-order valence-corrected chi connectivity index (χ2v) is 5.37. The number of carboxylic acid groups (broad SMARTS) is 1. The minimum absolute atomic E-state index is 0.0539. The largest absolute Gasteiger partial charge is 0.481 e. The molecule has 2 N–H and O–H groups in total. The van der Waals surface area contributed by atoms with Gasteiger partial charge in [-0.05, 0) is 30.9 Å². The molecule has 0 spiro atoms. The Labute approximate surface area is 108 Å². The highest BCUT2D eigenvalue weighted by molar-refractivity contribution is 7.99. The summed E-state index contributed by atoms with van der Waals surface area (Å²) in [6.07, 6.45) is 3.64. The summed E-state index contributed by atoms with van der Waals surface area (Å²) in [5.74, 6) is 0.606. The molecule has 0 aliphatic rings. The zero-order chi connectivity index (χ0) is 13.3. The van der Waals surface area contributed by atoms with E-state index in [0.29, 0.717) is 30.6 Å². The third-order valence-electron chi connectivity index (χ3n) is 2.78. The van der Waals surface area contributed by atoms with Crippen molar-refractivity contribution in [3.05, 3.63) is 0 Å². The number of hydrogen-bond acceptors (Lipinski definition) is 3. The molecule has 100 valence electrons. The molecular weight excluding hydrogens is 238 g/mol. The van der Waals surface area contributed by atoms with E-state index >= 15 is 0 Å². The number of carbonyl (C=O) groups excluding carboxylic acids is 1. The van der Waals surface area contributed by atoms with Crippen molar-refractivity contribution >= 4 is 23.6 Å². The van der Waals surface area contributed by atoms with E-state index in [1.165, 1.54) is 11.8 Å². The average Bonchev–Trinajstić information content (AvgIpc) is 2.22. The fraction of sp³-hybridized carbons (Fsp3) is 0.833. The monoisotopic (exact) mass is 261 g/mol. The van der Waals surface area contributed by atoms with Crippen molar-refractivity contribution in [2.24, 2.45) is 11.8 Å². The SMILES string of the molecule is CSCC(=O)NCCC(CCC(=O)O)C(C)C. The Bertz CT molecular complexity index is 244. The lowest BCUT2D eigenvalue weighted by Crippen LogP contribution is -2.28. The fourth-order valence-electron chi connectivity index (χ4n) is 1.70. The van der Waals surface area contributed by atoms with Crippen LogP contribution in [0.25, 0.3) is 0 Å². The maximum Gasteiger partial charge on any atom is 0.303 e. The maximum atomic E-state index is 11.2. The minimum Gasteiger partial charge on any atom is -0.481 e. The van der Waals surface area contributed by atoms with Crippen molar-refractivity contribution in [2.45, 2.75) is 33.1 Å². The number of carboxylic acids is 1. The lowest BCUT2D eigenvalue weighted by atomic mass is 9.88. The smallest absolute Gasteiger partial charge is 0.303 e. The second-order valence-electron chi connectivity index (χ2n) is 4.51. The van der Waals surface area contributed by atoms with Crippen LogP contribution in [0, 0.1) is 11.8 Å². The number of hydrogen-bond donors (Lipinski definition) is 2. The molecule has 0 heterocycles. The summed E-state index contributed by atoms with van der Waals surface area (Å²) in [5.41, 5.74) is 0. The lowest BCUT2D eigenvalue weighted by molar-refractivity contribution is -0.137. The Balaban J connectivity index is 3.85. The van der Waals surface area contributed by atoms with Crippen LogP contribution in [0.3, 0.4) is 0 Å². The van der Waals surface area contributed by atoms with Crippen molar-refractivity contribution in [1.82, 2.24) is 5.32 Å². The molecule has 0 aromatic rings. The molecule has 0 bridgehead atoms. The van der Waals surface area contributed by atoms with E-state index in [0.717, 1.165) is 6.42 Å². The summed E-state index contributed by atoms with van der Waals surface area (Å²) in [5, 5.41) is 11.5. The van der Waals surface area contributed by atoms with Crippen LogP contribution in [0.5, 0.6) is 0 Å². The molecule has 0 saturated heterocycles. The number of nitrogens with one attached hydrogen (secondary N) is 1. The Kier molecular flexibility index (Phi) is 8.94. The molecule has 1 unspecified atom stereocenters. The van der Waals surface area contributed by atoms with E-state index in [4.69, 9.17) is 5.11 Å². The predicted octanol–water partition coefficient (Wildman–Crippen LogP) is 1.99. The van der Waals surface area contributed by atoms with Gasteiger partial charge in [0, 0.05) is 13.0 Å². The van der Waals surface area contributed by atoms with Crippen LogP contribution in [-0.4, -0.2) is 35.5 Å². The normalized spacial score (nSPS) is 12.5. The van der Waals surface area contributed by atoms with Gasteiger partial charge in [0.15, 0.2) is 0 Å². The maximum absolute atomic E-state index is 11.2. The van der Waals surface area contributed by atoms with Gasteiger partial charge in [-0.25, -0.2) is 0 Å². The summed E-state index contributed by atoms with van der Waals surface area (Å²) in [6.45, 7) is 4.83. The Morgan fingerprint density at radius 2 is 1.94 bits per heavy atom. The van der Waals surface area contributed by atoms with Crippen molar-refractivity contribution in [1.29, 1.82) is 0 Å². The van der Waals surface area contributed by atoms with E-state index < -0.39 is 5.97 Å². The first kappa shape index (κ1) is 16.3. The summed E-state index contributed by atoms with van der Waals surface area (Å²) >= 11 is 1.50. The minimum atomic E-state index is -0.748. The Morgan fingerprint density at radius 3 is 2.41 bits per heavy atom. The molecule has 0 rings (SSSR count). The van der Waals surface area contributed by atoms with Crippen LogP contribution < -0.4 is 5.32 Å². The zero-order valence-corrected chi connectivity index (χ0v) is 11.7. The topological polar surface area (TPSA) is 66.4 Å². The number of amides is 1. The van der Waals surface area contributed by atoms with Crippen molar-refractivity contribution in [3.63, 3.8) is 0 Å². The van der Waals surface area contributed by atoms with Gasteiger partial charge in [0.1, 0.15) is 0 Å². The highest BCUT2D eigenvalue weighted by Gasteiger charge is 2.15. The quantitative estimate of drug-likeness (QED) is 0.666. The standard InChI is InChI=1S/C12H23NO3S/c1-9(2)10(4-5-12(15)16)6-7-13-11(14)8-17-3/h9-10H,4-8H2,1-3H3,(H,13,14)(H,15,16). The van der Waals surface area contributed by atoms with Gasteiger partial charge in [0.2, 0.25) is 5.91 Å². The first-order chi connectivity index (χ1) is 7.97. The summed E-state index contributed by atoms with van der Waals surface area (Å²) in [7, 11) is 0. The first-order valence-corrected chi connectivity index (χ1v) is 7.34. The molecule has 1 amide bonds. The molecule has 1 atom stereocenters. The third-order valence-corrected chi connectivity index (χ3v) is 3.34. The average molecular weight is 261 g/mol. The van der Waals surface area contributed by atoms with Crippen molar-refractivity contribution in [2.75, 3.05) is 18.6 Å². The van der Waals surface area contributed by atoms with E-state index in [9.17, 15) is 9.59 Å². The van der Waals surface area contributed by atoms with Crippen LogP contribution in [0.1, 0.15) is 33.1 Å². The Morgan fingerprint density at radius 1 is 1.29 bits per heavy atom. The number of aliphatic carboxylic acids is 1. The number of carbonyl (C=O) groups is 2. The van der Waals surface area contributed by atoms with Crippen molar-refractivity contribution < 1.29 is 14.7 Å². The second kappa shape index (κ2) is 9.33. The van der Waals surface area contributed by atoms with E-state index in [1.54, 1.807) is 0 Å². The predicted molar refractivity (Wildman–Crippen MR) is 71.2 cm³/mol. The van der Waals surface area contributed by atoms with Gasteiger partial charge in [-0.1, -0.05) is 13.8 Å².